The van der Waals surface area contributed by atoms with Crippen LogP contribution in [0.4, 0.5) is 17.1 Å². The van der Waals surface area contributed by atoms with E-state index < -0.39 is 0 Å². The molecule has 0 aliphatic rings. The Kier molecular flexibility index (Phi) is 7.18. The van der Waals surface area contributed by atoms with Crippen molar-refractivity contribution in [3.05, 3.63) is 206 Å². The van der Waals surface area contributed by atoms with Gasteiger partial charge in [-0.15, -0.1) is 11.3 Å². The van der Waals surface area contributed by atoms with Gasteiger partial charge in [0.05, 0.1) is 11.0 Å². The first-order chi connectivity index (χ1) is 29.8. The number of hydrogen-bond acceptors (Lipinski definition) is 3. The van der Waals surface area contributed by atoms with Crippen molar-refractivity contribution >= 4 is 114 Å². The lowest BCUT2D eigenvalue weighted by atomic mass is 9.88. The fourth-order valence-electron chi connectivity index (χ4n) is 9.77. The van der Waals surface area contributed by atoms with Crippen molar-refractivity contribution in [3.8, 4) is 16.8 Å². The maximum Gasteiger partial charge on any atom is 0.138 e. The Morgan fingerprint density at radius 1 is 0.383 bits per heavy atom. The lowest BCUT2D eigenvalue weighted by molar-refractivity contribution is 0.669. The van der Waals surface area contributed by atoms with Crippen molar-refractivity contribution in [2.45, 2.75) is 0 Å². The fourth-order valence-corrected chi connectivity index (χ4v) is 10.9. The summed E-state index contributed by atoms with van der Waals surface area (Å²) in [5.74, 6) is 0. The summed E-state index contributed by atoms with van der Waals surface area (Å²) in [6, 6.07) is 75.0. The van der Waals surface area contributed by atoms with Gasteiger partial charge in [0.25, 0.3) is 0 Å². The van der Waals surface area contributed by atoms with Crippen molar-refractivity contribution in [1.82, 2.24) is 4.57 Å². The van der Waals surface area contributed by atoms with Crippen LogP contribution in [-0.2, 0) is 0 Å². The Balaban J connectivity index is 1.16. The molecule has 0 aliphatic carbocycles. The number of thiophene rings is 1. The monoisotopic (exact) mass is 782 g/mol. The van der Waals surface area contributed by atoms with Crippen LogP contribution in [-0.4, -0.2) is 4.57 Å². The molecule has 60 heavy (non-hydrogen) atoms. The van der Waals surface area contributed by atoms with E-state index in [-0.39, 0.29) is 0 Å². The van der Waals surface area contributed by atoms with Crippen LogP contribution in [0.2, 0.25) is 0 Å². The molecule has 4 heteroatoms. The zero-order valence-corrected chi connectivity index (χ0v) is 33.2. The molecule has 13 aromatic rings. The first-order valence-corrected chi connectivity index (χ1v) is 21.2. The number of para-hydroxylation sites is 3. The molecule has 280 valence electrons. The smallest absolute Gasteiger partial charge is 0.138 e. The fraction of sp³-hybridized carbons (Fsp3) is 0. The van der Waals surface area contributed by atoms with E-state index in [1.807, 2.05) is 11.3 Å². The van der Waals surface area contributed by atoms with Crippen LogP contribution >= 0.6 is 11.3 Å². The molecule has 3 aromatic heterocycles. The van der Waals surface area contributed by atoms with Crippen LogP contribution in [0.25, 0.3) is 102 Å². The number of nitrogens with zero attached hydrogens (tertiary/aromatic N) is 2. The zero-order chi connectivity index (χ0) is 39.3. The highest BCUT2D eigenvalue weighted by Gasteiger charge is 2.25. The van der Waals surface area contributed by atoms with Gasteiger partial charge in [-0.2, -0.15) is 0 Å². The standard InChI is InChI=1S/C56H34N2OS/c1-3-16-36(17-4-1)57(39-27-29-44-43-23-12-14-26-52(43)60-53(44)33-39)38-28-30-45-48(32-38)58(37-18-5-2-6-19-37)49-34-51-55(46-24-11-13-25-50(46)59-51)56(54(45)49)47-31-35-15-7-8-20-40(35)41-21-9-10-22-42(41)47/h1-34H. The largest absolute Gasteiger partial charge is 0.456 e. The number of aromatic nitrogens is 1. The van der Waals surface area contributed by atoms with Gasteiger partial charge < -0.3 is 13.9 Å². The highest BCUT2D eigenvalue weighted by atomic mass is 32.1. The Labute approximate surface area is 349 Å². The molecule has 0 fully saturated rings. The minimum Gasteiger partial charge on any atom is -0.456 e. The molecule has 0 N–H and O–H groups in total. The van der Waals surface area contributed by atoms with Crippen molar-refractivity contribution in [3.63, 3.8) is 0 Å². The number of furan rings is 1. The van der Waals surface area contributed by atoms with Crippen LogP contribution in [0.1, 0.15) is 0 Å². The van der Waals surface area contributed by atoms with Crippen LogP contribution in [0, 0.1) is 0 Å². The van der Waals surface area contributed by atoms with Crippen molar-refractivity contribution in [1.29, 1.82) is 0 Å². The highest BCUT2D eigenvalue weighted by molar-refractivity contribution is 7.25. The third kappa shape index (κ3) is 4.89. The molecule has 3 nitrogen and oxygen atoms in total. The summed E-state index contributed by atoms with van der Waals surface area (Å²) in [6.45, 7) is 0. The summed E-state index contributed by atoms with van der Waals surface area (Å²) < 4.78 is 11.8. The normalized spacial score (nSPS) is 12.0. The van der Waals surface area contributed by atoms with Crippen molar-refractivity contribution < 1.29 is 4.42 Å². The zero-order valence-electron chi connectivity index (χ0n) is 32.3. The lowest BCUT2D eigenvalue weighted by Crippen LogP contribution is -2.09. The second kappa shape index (κ2) is 12.9. The molecule has 10 aromatic carbocycles. The molecule has 0 saturated carbocycles. The van der Waals surface area contributed by atoms with Crippen molar-refractivity contribution in [2.75, 3.05) is 4.90 Å². The second-order valence-corrected chi connectivity index (χ2v) is 16.7. The molecular weight excluding hydrogens is 749 g/mol. The van der Waals surface area contributed by atoms with Gasteiger partial charge in [0.1, 0.15) is 11.2 Å². The molecule has 0 unspecified atom stereocenters. The molecule has 0 amide bonds. The molecule has 0 saturated heterocycles. The van der Waals surface area contributed by atoms with E-state index in [1.54, 1.807) is 0 Å². The van der Waals surface area contributed by atoms with Gasteiger partial charge in [-0.05, 0) is 93.8 Å². The van der Waals surface area contributed by atoms with Gasteiger partial charge in [0, 0.05) is 76.1 Å². The summed E-state index contributed by atoms with van der Waals surface area (Å²) in [5, 5.41) is 12.2. The third-order valence-electron chi connectivity index (χ3n) is 12.3. The van der Waals surface area contributed by atoms with Crippen LogP contribution in [0.5, 0.6) is 0 Å². The second-order valence-electron chi connectivity index (χ2n) is 15.6. The molecule has 0 radical (unpaired) electrons. The van der Waals surface area contributed by atoms with Crippen LogP contribution in [0.3, 0.4) is 0 Å². The summed E-state index contributed by atoms with van der Waals surface area (Å²) in [5.41, 5.74) is 10.8. The Hall–Kier alpha value is -7.66. The summed E-state index contributed by atoms with van der Waals surface area (Å²) in [4.78, 5) is 2.40. The van der Waals surface area contributed by atoms with Gasteiger partial charge in [-0.25, -0.2) is 0 Å². The first-order valence-electron chi connectivity index (χ1n) is 20.4. The van der Waals surface area contributed by atoms with E-state index in [9.17, 15) is 0 Å². The van der Waals surface area contributed by atoms with E-state index >= 15 is 0 Å². The SMILES string of the molecule is c1ccc(N(c2ccc3c(c2)sc2ccccc23)c2ccc3c4c(-c5cc6ccccc6c6ccccc56)c5c(cc4n(-c4ccccc4)c3c2)oc2ccccc25)cc1. The molecule has 0 spiro atoms. The minimum absolute atomic E-state index is 0.874. The number of hydrogen-bond donors (Lipinski definition) is 0. The predicted octanol–water partition coefficient (Wildman–Crippen LogP) is 16.5. The molecular formula is C56H34N2OS. The van der Waals surface area contributed by atoms with Gasteiger partial charge in [-0.3, -0.25) is 0 Å². The Morgan fingerprint density at radius 3 is 1.85 bits per heavy atom. The average molecular weight is 783 g/mol. The van der Waals surface area contributed by atoms with E-state index in [2.05, 4.69) is 216 Å². The van der Waals surface area contributed by atoms with Crippen molar-refractivity contribution in [2.24, 2.45) is 0 Å². The first kappa shape index (κ1) is 33.3. The third-order valence-corrected chi connectivity index (χ3v) is 13.5. The number of anilines is 3. The minimum atomic E-state index is 0.874. The predicted molar refractivity (Wildman–Crippen MR) is 256 cm³/mol. The maximum atomic E-state index is 6.82. The summed E-state index contributed by atoms with van der Waals surface area (Å²) in [6.07, 6.45) is 0. The van der Waals surface area contributed by atoms with Gasteiger partial charge >= 0.3 is 0 Å². The number of benzene rings is 10. The Bertz CT molecular complexity index is 3840. The number of rotatable bonds is 5. The lowest BCUT2D eigenvalue weighted by Gasteiger charge is -2.26. The summed E-state index contributed by atoms with van der Waals surface area (Å²) >= 11 is 1.85. The molecule has 0 aliphatic heterocycles. The highest BCUT2D eigenvalue weighted by Crippen LogP contribution is 2.50. The summed E-state index contributed by atoms with van der Waals surface area (Å²) in [7, 11) is 0. The van der Waals surface area contributed by atoms with Gasteiger partial charge in [-0.1, -0.05) is 133 Å². The van der Waals surface area contributed by atoms with E-state index in [4.69, 9.17) is 4.42 Å². The maximum absolute atomic E-state index is 6.82. The average Bonchev–Trinajstić information content (AvgIpc) is 3.97. The van der Waals surface area contributed by atoms with Gasteiger partial charge in [0.2, 0.25) is 0 Å². The van der Waals surface area contributed by atoms with E-state index in [0.717, 1.165) is 55.7 Å². The number of fused-ring (bicyclic) bond motifs is 12. The van der Waals surface area contributed by atoms with Gasteiger partial charge in [0.15, 0.2) is 0 Å². The quantitative estimate of drug-likeness (QED) is 0.162. The van der Waals surface area contributed by atoms with Crippen LogP contribution in [0.15, 0.2) is 211 Å². The topological polar surface area (TPSA) is 21.3 Å². The molecule has 3 heterocycles. The Morgan fingerprint density at radius 2 is 1.02 bits per heavy atom. The van der Waals surface area contributed by atoms with E-state index in [1.165, 1.54) is 63.6 Å². The molecule has 13 rings (SSSR count). The molecule has 0 atom stereocenters. The van der Waals surface area contributed by atoms with Crippen LogP contribution < -0.4 is 4.90 Å². The van der Waals surface area contributed by atoms with E-state index in [0.29, 0.717) is 0 Å². The molecule has 0 bridgehead atoms.